The fourth-order valence-electron chi connectivity index (χ4n) is 2.04. The van der Waals surface area contributed by atoms with Crippen LogP contribution in [0.5, 0.6) is 0 Å². The minimum atomic E-state index is -3.64. The van der Waals surface area contributed by atoms with Crippen molar-refractivity contribution in [1.82, 2.24) is 0 Å². The minimum absolute atomic E-state index is 0.114. The predicted molar refractivity (Wildman–Crippen MR) is 92.5 cm³/mol. The Kier molecular flexibility index (Phi) is 5.44. The van der Waals surface area contributed by atoms with Crippen LogP contribution in [0.3, 0.4) is 0 Å². The van der Waals surface area contributed by atoms with Crippen LogP contribution in [0, 0.1) is 6.92 Å². The van der Waals surface area contributed by atoms with Gasteiger partial charge in [-0.3, -0.25) is 9.52 Å². The normalized spacial score (nSPS) is 12.7. The van der Waals surface area contributed by atoms with Crippen molar-refractivity contribution in [1.29, 1.82) is 0 Å². The molecular formula is C17H18ClNO3S. The van der Waals surface area contributed by atoms with E-state index in [-0.39, 0.29) is 10.7 Å². The van der Waals surface area contributed by atoms with E-state index < -0.39 is 15.4 Å². The SMILES string of the molecule is CC(=O)C(Cl)Cc1cccc(NS(=O)(=O)c2ccc(C)cc2)c1. The smallest absolute Gasteiger partial charge is 0.261 e. The van der Waals surface area contributed by atoms with Crippen molar-refractivity contribution in [2.24, 2.45) is 0 Å². The maximum atomic E-state index is 12.4. The van der Waals surface area contributed by atoms with Crippen LogP contribution < -0.4 is 4.72 Å². The number of rotatable bonds is 6. The maximum absolute atomic E-state index is 12.4. The van der Waals surface area contributed by atoms with Gasteiger partial charge < -0.3 is 0 Å². The summed E-state index contributed by atoms with van der Waals surface area (Å²) in [6.07, 6.45) is 0.358. The average Bonchev–Trinajstić information content (AvgIpc) is 2.47. The molecule has 4 nitrogen and oxygen atoms in total. The molecule has 2 aromatic carbocycles. The lowest BCUT2D eigenvalue weighted by atomic mass is 10.1. The number of Topliss-reactive ketones (excluding diaryl/α,β-unsaturated/α-hetero) is 1. The summed E-state index contributed by atoms with van der Waals surface area (Å²) in [4.78, 5) is 11.4. The zero-order valence-corrected chi connectivity index (χ0v) is 14.5. The number of anilines is 1. The van der Waals surface area contributed by atoms with E-state index in [2.05, 4.69) is 4.72 Å². The summed E-state index contributed by atoms with van der Waals surface area (Å²) < 4.78 is 27.3. The molecule has 0 radical (unpaired) electrons. The fourth-order valence-corrected chi connectivity index (χ4v) is 3.27. The second-order valence-electron chi connectivity index (χ2n) is 5.40. The van der Waals surface area contributed by atoms with E-state index in [0.717, 1.165) is 11.1 Å². The molecule has 0 aromatic heterocycles. The standard InChI is InChI=1S/C17H18ClNO3S/c1-12-6-8-16(9-7-12)23(21,22)19-15-5-3-4-14(10-15)11-17(18)13(2)20/h3-10,17,19H,11H2,1-2H3. The van der Waals surface area contributed by atoms with Crippen LogP contribution in [-0.4, -0.2) is 19.6 Å². The highest BCUT2D eigenvalue weighted by Gasteiger charge is 2.15. The van der Waals surface area contributed by atoms with E-state index in [4.69, 9.17) is 11.6 Å². The number of benzene rings is 2. The highest BCUT2D eigenvalue weighted by Crippen LogP contribution is 2.19. The van der Waals surface area contributed by atoms with Crippen LogP contribution >= 0.6 is 11.6 Å². The fraction of sp³-hybridized carbons (Fsp3) is 0.235. The van der Waals surface area contributed by atoms with Crippen molar-refractivity contribution in [2.45, 2.75) is 30.5 Å². The first-order chi connectivity index (χ1) is 10.8. The molecule has 0 fully saturated rings. The van der Waals surface area contributed by atoms with Crippen LogP contribution in [0.1, 0.15) is 18.1 Å². The molecule has 0 amide bonds. The Morgan fingerprint density at radius 3 is 2.43 bits per heavy atom. The van der Waals surface area contributed by atoms with Crippen LogP contribution in [0.15, 0.2) is 53.4 Å². The Morgan fingerprint density at radius 1 is 1.17 bits per heavy atom. The van der Waals surface area contributed by atoms with E-state index in [1.807, 2.05) is 13.0 Å². The lowest BCUT2D eigenvalue weighted by Gasteiger charge is -2.11. The number of ketones is 1. The molecule has 23 heavy (non-hydrogen) atoms. The molecule has 122 valence electrons. The van der Waals surface area contributed by atoms with Gasteiger partial charge in [-0.05, 0) is 50.1 Å². The lowest BCUT2D eigenvalue weighted by molar-refractivity contribution is -0.116. The third-order valence-corrected chi connectivity index (χ3v) is 5.23. The van der Waals surface area contributed by atoms with Crippen molar-refractivity contribution in [3.05, 3.63) is 59.7 Å². The first kappa shape index (κ1) is 17.5. The third kappa shape index (κ3) is 4.81. The zero-order valence-electron chi connectivity index (χ0n) is 12.9. The summed E-state index contributed by atoms with van der Waals surface area (Å²) in [5.74, 6) is -0.114. The Labute approximate surface area is 141 Å². The van der Waals surface area contributed by atoms with E-state index in [1.165, 1.54) is 6.92 Å². The number of nitrogens with one attached hydrogen (secondary N) is 1. The Hall–Kier alpha value is -1.85. The van der Waals surface area contributed by atoms with Crippen LogP contribution in [-0.2, 0) is 21.2 Å². The van der Waals surface area contributed by atoms with Crippen LogP contribution in [0.2, 0.25) is 0 Å². The number of alkyl halides is 1. The number of hydrogen-bond acceptors (Lipinski definition) is 3. The van der Waals surface area contributed by atoms with Gasteiger partial charge in [-0.2, -0.15) is 0 Å². The van der Waals surface area contributed by atoms with E-state index in [9.17, 15) is 13.2 Å². The number of carbonyl (C=O) groups excluding carboxylic acids is 1. The van der Waals surface area contributed by atoms with E-state index in [1.54, 1.807) is 42.5 Å². The first-order valence-corrected chi connectivity index (χ1v) is 9.03. The summed E-state index contributed by atoms with van der Waals surface area (Å²) in [7, 11) is -3.64. The van der Waals surface area contributed by atoms with Gasteiger partial charge in [0.15, 0.2) is 0 Å². The summed E-state index contributed by atoms with van der Waals surface area (Å²) in [5.41, 5.74) is 2.23. The molecule has 0 saturated heterocycles. The number of carbonyl (C=O) groups is 1. The quantitative estimate of drug-likeness (QED) is 0.810. The molecule has 0 aliphatic rings. The van der Waals surface area contributed by atoms with Crippen LogP contribution in [0.25, 0.3) is 0 Å². The van der Waals surface area contributed by atoms with Crippen molar-refractivity contribution in [3.8, 4) is 0 Å². The molecule has 2 aromatic rings. The number of hydrogen-bond donors (Lipinski definition) is 1. The first-order valence-electron chi connectivity index (χ1n) is 7.11. The maximum Gasteiger partial charge on any atom is 0.261 e. The molecule has 0 aliphatic carbocycles. The summed E-state index contributed by atoms with van der Waals surface area (Å²) in [5, 5.41) is -0.612. The number of halogens is 1. The second kappa shape index (κ2) is 7.15. The molecule has 1 atom stereocenters. The molecule has 0 aliphatic heterocycles. The molecule has 0 bridgehead atoms. The van der Waals surface area contributed by atoms with Gasteiger partial charge >= 0.3 is 0 Å². The summed E-state index contributed by atoms with van der Waals surface area (Å²) in [6, 6.07) is 13.5. The molecule has 1 unspecified atom stereocenters. The predicted octanol–water partition coefficient (Wildman–Crippen LogP) is 3.53. The number of aryl methyl sites for hydroxylation is 1. The van der Waals surface area contributed by atoms with Crippen molar-refractivity contribution in [3.63, 3.8) is 0 Å². The Bertz CT molecular complexity index is 801. The highest BCUT2D eigenvalue weighted by atomic mass is 35.5. The average molecular weight is 352 g/mol. The topological polar surface area (TPSA) is 63.2 Å². The van der Waals surface area contributed by atoms with Gasteiger partial charge in [0.1, 0.15) is 5.78 Å². The van der Waals surface area contributed by atoms with E-state index >= 15 is 0 Å². The van der Waals surface area contributed by atoms with Crippen LogP contribution in [0.4, 0.5) is 5.69 Å². The number of sulfonamides is 1. The molecule has 0 spiro atoms. The van der Waals surface area contributed by atoms with Gasteiger partial charge in [-0.1, -0.05) is 29.8 Å². The molecule has 0 saturated carbocycles. The molecule has 0 heterocycles. The van der Waals surface area contributed by atoms with Gasteiger partial charge in [-0.25, -0.2) is 8.42 Å². The lowest BCUT2D eigenvalue weighted by Crippen LogP contribution is -2.15. The Morgan fingerprint density at radius 2 is 1.83 bits per heavy atom. The van der Waals surface area contributed by atoms with Gasteiger partial charge in [0, 0.05) is 5.69 Å². The third-order valence-electron chi connectivity index (χ3n) is 3.37. The van der Waals surface area contributed by atoms with Gasteiger partial charge in [0.25, 0.3) is 10.0 Å². The van der Waals surface area contributed by atoms with Crippen molar-refractivity contribution in [2.75, 3.05) is 4.72 Å². The molecule has 6 heteroatoms. The zero-order chi connectivity index (χ0) is 17.0. The van der Waals surface area contributed by atoms with Gasteiger partial charge in [0.2, 0.25) is 0 Å². The minimum Gasteiger partial charge on any atom is -0.298 e. The highest BCUT2D eigenvalue weighted by molar-refractivity contribution is 7.92. The summed E-state index contributed by atoms with van der Waals surface area (Å²) in [6.45, 7) is 3.33. The molecule has 1 N–H and O–H groups in total. The van der Waals surface area contributed by atoms with Crippen molar-refractivity contribution < 1.29 is 13.2 Å². The van der Waals surface area contributed by atoms with Crippen molar-refractivity contribution >= 4 is 33.1 Å². The molecular weight excluding hydrogens is 334 g/mol. The van der Waals surface area contributed by atoms with Gasteiger partial charge in [0.05, 0.1) is 10.3 Å². The second-order valence-corrected chi connectivity index (χ2v) is 7.61. The Balaban J connectivity index is 2.19. The summed E-state index contributed by atoms with van der Waals surface area (Å²) >= 11 is 5.96. The van der Waals surface area contributed by atoms with Gasteiger partial charge in [-0.15, -0.1) is 11.6 Å². The van der Waals surface area contributed by atoms with E-state index in [0.29, 0.717) is 12.1 Å². The monoisotopic (exact) mass is 351 g/mol. The largest absolute Gasteiger partial charge is 0.298 e. The molecule has 2 rings (SSSR count).